The third-order valence-corrected chi connectivity index (χ3v) is 3.13. The smallest absolute Gasteiger partial charge is 0.270 e. The van der Waals surface area contributed by atoms with Crippen LogP contribution < -0.4 is 0 Å². The number of rotatable bonds is 5. The van der Waals surface area contributed by atoms with Gasteiger partial charge in [0.25, 0.3) is 10.1 Å². The zero-order valence-electron chi connectivity index (χ0n) is 9.01. The van der Waals surface area contributed by atoms with Crippen LogP contribution in [0.25, 0.3) is 0 Å². The number of hydrogen-bond acceptors (Lipinski definition) is 4. The van der Waals surface area contributed by atoms with Crippen LogP contribution >= 0.6 is 0 Å². The average molecular weight is 239 g/mol. The molecule has 0 bridgehead atoms. The Bertz CT molecular complexity index is 488. The maximum atomic E-state index is 11.5. The second-order valence-electron chi connectivity index (χ2n) is 3.29. The quantitative estimate of drug-likeness (QED) is 0.735. The van der Waals surface area contributed by atoms with Gasteiger partial charge in [-0.3, -0.25) is 4.18 Å². The Labute approximate surface area is 95.6 Å². The highest BCUT2D eigenvalue weighted by Crippen LogP contribution is 2.12. The van der Waals surface area contributed by atoms with E-state index in [0.29, 0.717) is 17.5 Å². The molecule has 0 spiro atoms. The normalized spacial score (nSPS) is 11.0. The van der Waals surface area contributed by atoms with Crippen LogP contribution in [0.1, 0.15) is 24.5 Å². The third kappa shape index (κ3) is 3.65. The van der Waals surface area contributed by atoms with Crippen LogP contribution in [0.3, 0.4) is 0 Å². The summed E-state index contributed by atoms with van der Waals surface area (Å²) in [6.45, 7) is 2.01. The van der Waals surface area contributed by atoms with Crippen molar-refractivity contribution in [3.8, 4) is 6.07 Å². The van der Waals surface area contributed by atoms with Gasteiger partial charge in [-0.25, -0.2) is 0 Å². The molecule has 0 aliphatic heterocycles. The van der Waals surface area contributed by atoms with Crippen molar-refractivity contribution in [1.82, 2.24) is 0 Å². The maximum Gasteiger partial charge on any atom is 0.271 e. The van der Waals surface area contributed by atoms with Crippen LogP contribution in [0.15, 0.2) is 24.3 Å². The van der Waals surface area contributed by atoms with Gasteiger partial charge < -0.3 is 0 Å². The molecule has 0 saturated heterocycles. The molecule has 86 valence electrons. The van der Waals surface area contributed by atoms with E-state index < -0.39 is 10.1 Å². The molecule has 0 saturated carbocycles. The van der Waals surface area contributed by atoms with Crippen LogP contribution in [0.4, 0.5) is 0 Å². The lowest BCUT2D eigenvalue weighted by atomic mass is 10.1. The van der Waals surface area contributed by atoms with Gasteiger partial charge in [0.15, 0.2) is 0 Å². The summed E-state index contributed by atoms with van der Waals surface area (Å²) in [5.74, 6) is -0.253. The van der Waals surface area contributed by atoms with E-state index in [0.717, 1.165) is 0 Å². The summed E-state index contributed by atoms with van der Waals surface area (Å²) in [5, 5.41) is 8.81. The van der Waals surface area contributed by atoms with Crippen LogP contribution in [0, 0.1) is 11.3 Å². The van der Waals surface area contributed by atoms with Crippen molar-refractivity contribution in [2.24, 2.45) is 0 Å². The van der Waals surface area contributed by atoms with E-state index in [-0.39, 0.29) is 12.4 Å². The first kappa shape index (κ1) is 12.7. The van der Waals surface area contributed by atoms with Gasteiger partial charge in [-0.1, -0.05) is 25.1 Å². The third-order valence-electron chi connectivity index (χ3n) is 1.94. The molecule has 0 radical (unpaired) electrons. The Hall–Kier alpha value is -1.38. The SMILES string of the molecule is CCCOS(=O)(=O)Cc1ccccc1C#N. The monoisotopic (exact) mass is 239 g/mol. The molecule has 1 aromatic rings. The van der Waals surface area contributed by atoms with Crippen molar-refractivity contribution in [3.05, 3.63) is 35.4 Å². The predicted molar refractivity (Wildman–Crippen MR) is 60.0 cm³/mol. The van der Waals surface area contributed by atoms with E-state index in [1.807, 2.05) is 13.0 Å². The Morgan fingerprint density at radius 3 is 2.69 bits per heavy atom. The van der Waals surface area contributed by atoms with Crippen LogP contribution in [0.5, 0.6) is 0 Å². The Morgan fingerprint density at radius 1 is 1.38 bits per heavy atom. The average Bonchev–Trinajstić information content (AvgIpc) is 2.27. The maximum absolute atomic E-state index is 11.5. The van der Waals surface area contributed by atoms with E-state index in [1.54, 1.807) is 24.3 Å². The number of benzene rings is 1. The van der Waals surface area contributed by atoms with Gasteiger partial charge in [0.2, 0.25) is 0 Å². The van der Waals surface area contributed by atoms with E-state index in [4.69, 9.17) is 9.44 Å². The standard InChI is InChI=1S/C11H13NO3S/c1-2-7-15-16(13,14)9-11-6-4-3-5-10(11)8-12/h3-6H,2,7,9H2,1H3. The lowest BCUT2D eigenvalue weighted by Gasteiger charge is -2.05. The fraction of sp³-hybridized carbons (Fsp3) is 0.364. The van der Waals surface area contributed by atoms with Gasteiger partial charge in [-0.15, -0.1) is 0 Å². The molecule has 0 amide bonds. The first-order chi connectivity index (χ1) is 7.59. The fourth-order valence-electron chi connectivity index (χ4n) is 1.20. The van der Waals surface area contributed by atoms with E-state index in [9.17, 15) is 8.42 Å². The molecule has 0 aliphatic carbocycles. The topological polar surface area (TPSA) is 67.2 Å². The van der Waals surface area contributed by atoms with E-state index >= 15 is 0 Å². The van der Waals surface area contributed by atoms with Gasteiger partial charge >= 0.3 is 0 Å². The first-order valence-electron chi connectivity index (χ1n) is 4.94. The van der Waals surface area contributed by atoms with Gasteiger partial charge in [-0.2, -0.15) is 13.7 Å². The zero-order valence-corrected chi connectivity index (χ0v) is 9.83. The largest absolute Gasteiger partial charge is 0.271 e. The second-order valence-corrected chi connectivity index (χ2v) is 4.93. The van der Waals surface area contributed by atoms with E-state index in [2.05, 4.69) is 0 Å². The number of nitriles is 1. The molecule has 1 aromatic carbocycles. The molecule has 5 heteroatoms. The van der Waals surface area contributed by atoms with Crippen molar-refractivity contribution >= 4 is 10.1 Å². The molecular formula is C11H13NO3S. The predicted octanol–water partition coefficient (Wildman–Crippen LogP) is 1.81. The number of nitrogens with zero attached hydrogens (tertiary/aromatic N) is 1. The van der Waals surface area contributed by atoms with Crippen molar-refractivity contribution in [1.29, 1.82) is 5.26 Å². The molecule has 4 nitrogen and oxygen atoms in total. The summed E-state index contributed by atoms with van der Waals surface area (Å²) in [4.78, 5) is 0. The zero-order chi connectivity index (χ0) is 12.0. The molecule has 0 N–H and O–H groups in total. The van der Waals surface area contributed by atoms with Crippen molar-refractivity contribution in [2.75, 3.05) is 6.61 Å². The highest BCUT2D eigenvalue weighted by molar-refractivity contribution is 7.85. The van der Waals surface area contributed by atoms with Crippen molar-refractivity contribution in [3.63, 3.8) is 0 Å². The van der Waals surface area contributed by atoms with Crippen LogP contribution in [0.2, 0.25) is 0 Å². The Kier molecular flexibility index (Phi) is 4.47. The minimum Gasteiger partial charge on any atom is -0.270 e. The van der Waals surface area contributed by atoms with Gasteiger partial charge in [-0.05, 0) is 18.1 Å². The minimum atomic E-state index is -3.58. The lowest BCUT2D eigenvalue weighted by molar-refractivity contribution is 0.317. The lowest BCUT2D eigenvalue weighted by Crippen LogP contribution is -2.10. The van der Waals surface area contributed by atoms with Crippen LogP contribution in [-0.2, 0) is 20.1 Å². The highest BCUT2D eigenvalue weighted by atomic mass is 32.2. The summed E-state index contributed by atoms with van der Waals surface area (Å²) < 4.78 is 27.7. The molecule has 0 aliphatic rings. The summed E-state index contributed by atoms with van der Waals surface area (Å²) in [7, 11) is -3.58. The van der Waals surface area contributed by atoms with Crippen molar-refractivity contribution in [2.45, 2.75) is 19.1 Å². The van der Waals surface area contributed by atoms with E-state index in [1.165, 1.54) is 0 Å². The van der Waals surface area contributed by atoms with Crippen LogP contribution in [-0.4, -0.2) is 15.0 Å². The summed E-state index contributed by atoms with van der Waals surface area (Å²) >= 11 is 0. The van der Waals surface area contributed by atoms with Crippen molar-refractivity contribution < 1.29 is 12.6 Å². The Morgan fingerprint density at radius 2 is 2.06 bits per heavy atom. The van der Waals surface area contributed by atoms with Gasteiger partial charge in [0, 0.05) is 0 Å². The molecule has 16 heavy (non-hydrogen) atoms. The summed E-state index contributed by atoms with van der Waals surface area (Å²) in [6.07, 6.45) is 0.638. The molecule has 0 unspecified atom stereocenters. The first-order valence-corrected chi connectivity index (χ1v) is 6.52. The van der Waals surface area contributed by atoms with Gasteiger partial charge in [0.05, 0.1) is 18.2 Å². The molecule has 1 rings (SSSR count). The molecular weight excluding hydrogens is 226 g/mol. The molecule has 0 aromatic heterocycles. The fourth-order valence-corrected chi connectivity index (χ4v) is 2.33. The molecule has 0 fully saturated rings. The molecule has 0 atom stereocenters. The summed E-state index contributed by atoms with van der Waals surface area (Å²) in [5.41, 5.74) is 0.840. The minimum absolute atomic E-state index is 0.178. The second kappa shape index (κ2) is 5.64. The Balaban J connectivity index is 2.85. The van der Waals surface area contributed by atoms with Gasteiger partial charge in [0.1, 0.15) is 5.75 Å². The molecule has 0 heterocycles. The summed E-state index contributed by atoms with van der Waals surface area (Å²) in [6, 6.07) is 8.55. The number of hydrogen-bond donors (Lipinski definition) is 0. The highest BCUT2D eigenvalue weighted by Gasteiger charge is 2.14.